The molecule has 100 valence electrons. The second kappa shape index (κ2) is 5.86. The minimum atomic E-state index is -4.37. The van der Waals surface area contributed by atoms with Crippen LogP contribution in [0.25, 0.3) is 0 Å². The fourth-order valence-electron chi connectivity index (χ4n) is 1.24. The molecular formula is C12H13F3O3. The molecule has 0 bridgehead atoms. The first-order chi connectivity index (χ1) is 8.29. The third-order valence-electron chi connectivity index (χ3n) is 2.34. The van der Waals surface area contributed by atoms with Gasteiger partial charge in [0.25, 0.3) is 0 Å². The lowest BCUT2D eigenvalue weighted by atomic mass is 10.1. The summed E-state index contributed by atoms with van der Waals surface area (Å²) < 4.78 is 41.2. The third-order valence-corrected chi connectivity index (χ3v) is 2.34. The second-order valence-electron chi connectivity index (χ2n) is 3.88. The molecule has 0 radical (unpaired) electrons. The van der Waals surface area contributed by atoms with E-state index >= 15 is 0 Å². The predicted octanol–water partition coefficient (Wildman–Crippen LogP) is 2.78. The maximum absolute atomic E-state index is 12.2. The van der Waals surface area contributed by atoms with Crippen molar-refractivity contribution in [2.24, 2.45) is 0 Å². The van der Waals surface area contributed by atoms with E-state index in [2.05, 4.69) is 4.74 Å². The van der Waals surface area contributed by atoms with Gasteiger partial charge in [-0.05, 0) is 18.1 Å². The molecule has 0 heterocycles. The summed E-state index contributed by atoms with van der Waals surface area (Å²) in [6.45, 7) is 0.785. The van der Waals surface area contributed by atoms with Crippen molar-refractivity contribution in [2.45, 2.75) is 32.2 Å². The first kappa shape index (κ1) is 14.5. The maximum Gasteiger partial charge on any atom is 0.414 e. The normalized spacial score (nSPS) is 13.3. The van der Waals surface area contributed by atoms with Gasteiger partial charge in [-0.1, -0.05) is 24.3 Å². The van der Waals surface area contributed by atoms with Crippen molar-refractivity contribution >= 4 is 5.97 Å². The average molecular weight is 262 g/mol. The van der Waals surface area contributed by atoms with Crippen LogP contribution in [0.3, 0.4) is 0 Å². The standard InChI is InChI=1S/C12H13F3O3/c1-8(12(13,14)15)18-7-10-4-2-9(3-5-10)6-11(16)17/h2-5,8H,6-7H2,1H3,(H,16,17). The molecule has 1 rings (SSSR count). The number of hydrogen-bond acceptors (Lipinski definition) is 2. The number of carboxylic acid groups (broad SMARTS) is 1. The van der Waals surface area contributed by atoms with Gasteiger partial charge < -0.3 is 9.84 Å². The summed E-state index contributed by atoms with van der Waals surface area (Å²) in [5.74, 6) is -0.954. The molecule has 1 N–H and O–H groups in total. The van der Waals surface area contributed by atoms with Crippen LogP contribution >= 0.6 is 0 Å². The molecule has 1 unspecified atom stereocenters. The number of aliphatic carboxylic acids is 1. The predicted molar refractivity (Wildman–Crippen MR) is 58.1 cm³/mol. The number of benzene rings is 1. The summed E-state index contributed by atoms with van der Waals surface area (Å²) in [5.41, 5.74) is 1.16. The Bertz CT molecular complexity index is 398. The number of halogens is 3. The van der Waals surface area contributed by atoms with Gasteiger partial charge >= 0.3 is 12.1 Å². The van der Waals surface area contributed by atoms with E-state index in [9.17, 15) is 18.0 Å². The van der Waals surface area contributed by atoms with Crippen LogP contribution in [0.2, 0.25) is 0 Å². The molecule has 0 saturated carbocycles. The van der Waals surface area contributed by atoms with Crippen molar-refractivity contribution in [1.82, 2.24) is 0 Å². The summed E-state index contributed by atoms with van der Waals surface area (Å²) in [7, 11) is 0. The highest BCUT2D eigenvalue weighted by Gasteiger charge is 2.36. The molecule has 0 aliphatic rings. The molecule has 0 amide bonds. The molecular weight excluding hydrogens is 249 g/mol. The molecule has 0 aliphatic carbocycles. The minimum Gasteiger partial charge on any atom is -0.481 e. The van der Waals surface area contributed by atoms with Crippen LogP contribution in [-0.4, -0.2) is 23.4 Å². The molecule has 3 nitrogen and oxygen atoms in total. The molecule has 0 aliphatic heterocycles. The van der Waals surface area contributed by atoms with Crippen LogP contribution in [0.4, 0.5) is 13.2 Å². The molecule has 0 spiro atoms. The highest BCUT2D eigenvalue weighted by molar-refractivity contribution is 5.70. The summed E-state index contributed by atoms with van der Waals surface area (Å²) in [4.78, 5) is 10.4. The molecule has 1 atom stereocenters. The van der Waals surface area contributed by atoms with Crippen molar-refractivity contribution in [3.63, 3.8) is 0 Å². The van der Waals surface area contributed by atoms with E-state index in [-0.39, 0.29) is 13.0 Å². The van der Waals surface area contributed by atoms with Gasteiger partial charge in [0.2, 0.25) is 0 Å². The van der Waals surface area contributed by atoms with Gasteiger partial charge in [-0.15, -0.1) is 0 Å². The van der Waals surface area contributed by atoms with E-state index in [0.717, 1.165) is 6.92 Å². The fourth-order valence-corrected chi connectivity index (χ4v) is 1.24. The Morgan fingerprint density at radius 2 is 1.78 bits per heavy atom. The Morgan fingerprint density at radius 1 is 1.28 bits per heavy atom. The number of carbonyl (C=O) groups is 1. The SMILES string of the molecule is CC(OCc1ccc(CC(=O)O)cc1)C(F)(F)F. The van der Waals surface area contributed by atoms with Crippen LogP contribution < -0.4 is 0 Å². The molecule has 0 saturated heterocycles. The lowest BCUT2D eigenvalue weighted by molar-refractivity contribution is -0.217. The highest BCUT2D eigenvalue weighted by Crippen LogP contribution is 2.23. The van der Waals surface area contributed by atoms with Gasteiger partial charge in [-0.3, -0.25) is 4.79 Å². The first-order valence-corrected chi connectivity index (χ1v) is 5.27. The highest BCUT2D eigenvalue weighted by atomic mass is 19.4. The molecule has 1 aromatic carbocycles. The molecule has 18 heavy (non-hydrogen) atoms. The Morgan fingerprint density at radius 3 is 2.22 bits per heavy atom. The number of alkyl halides is 3. The lowest BCUT2D eigenvalue weighted by Crippen LogP contribution is -2.28. The van der Waals surface area contributed by atoms with Crippen molar-refractivity contribution in [1.29, 1.82) is 0 Å². The van der Waals surface area contributed by atoms with Gasteiger partial charge in [-0.25, -0.2) is 0 Å². The van der Waals surface area contributed by atoms with Crippen molar-refractivity contribution in [2.75, 3.05) is 0 Å². The van der Waals surface area contributed by atoms with E-state index in [0.29, 0.717) is 11.1 Å². The van der Waals surface area contributed by atoms with Gasteiger partial charge in [0, 0.05) is 0 Å². The molecule has 6 heteroatoms. The second-order valence-corrected chi connectivity index (χ2v) is 3.88. The average Bonchev–Trinajstić information content (AvgIpc) is 2.25. The Hall–Kier alpha value is -1.56. The van der Waals surface area contributed by atoms with Crippen molar-refractivity contribution in [3.8, 4) is 0 Å². The van der Waals surface area contributed by atoms with Crippen LogP contribution in [-0.2, 0) is 22.6 Å². The van der Waals surface area contributed by atoms with Gasteiger partial charge in [-0.2, -0.15) is 13.2 Å². The van der Waals surface area contributed by atoms with Crippen LogP contribution in [0.15, 0.2) is 24.3 Å². The number of rotatable bonds is 5. The van der Waals surface area contributed by atoms with E-state index in [1.165, 1.54) is 0 Å². The van der Waals surface area contributed by atoms with E-state index in [4.69, 9.17) is 5.11 Å². The van der Waals surface area contributed by atoms with Crippen LogP contribution in [0.1, 0.15) is 18.1 Å². The van der Waals surface area contributed by atoms with Crippen molar-refractivity contribution in [3.05, 3.63) is 35.4 Å². The van der Waals surface area contributed by atoms with Crippen LogP contribution in [0.5, 0.6) is 0 Å². The van der Waals surface area contributed by atoms with Gasteiger partial charge in [0.05, 0.1) is 13.0 Å². The number of carboxylic acids is 1. The summed E-state index contributed by atoms with van der Waals surface area (Å²) in [6, 6.07) is 6.23. The molecule has 0 fully saturated rings. The fraction of sp³-hybridized carbons (Fsp3) is 0.417. The maximum atomic E-state index is 12.2. The van der Waals surface area contributed by atoms with E-state index in [1.54, 1.807) is 24.3 Å². The Labute approximate surface area is 102 Å². The number of ether oxygens (including phenoxy) is 1. The summed E-state index contributed by atoms with van der Waals surface area (Å²) in [5, 5.41) is 8.55. The number of hydrogen-bond donors (Lipinski definition) is 1. The largest absolute Gasteiger partial charge is 0.481 e. The van der Waals surface area contributed by atoms with Gasteiger partial charge in [0.15, 0.2) is 6.10 Å². The van der Waals surface area contributed by atoms with E-state index in [1.807, 2.05) is 0 Å². The monoisotopic (exact) mass is 262 g/mol. The Kier molecular flexibility index (Phi) is 4.72. The lowest BCUT2D eigenvalue weighted by Gasteiger charge is -2.16. The van der Waals surface area contributed by atoms with Crippen molar-refractivity contribution < 1.29 is 27.8 Å². The molecule has 1 aromatic rings. The van der Waals surface area contributed by atoms with E-state index < -0.39 is 18.2 Å². The third kappa shape index (κ3) is 4.75. The minimum absolute atomic E-state index is 0.111. The van der Waals surface area contributed by atoms with Gasteiger partial charge in [0.1, 0.15) is 0 Å². The van der Waals surface area contributed by atoms with Crippen LogP contribution in [0, 0.1) is 0 Å². The zero-order chi connectivity index (χ0) is 13.8. The summed E-state index contributed by atoms with van der Waals surface area (Å²) in [6.07, 6.45) is -6.31. The molecule has 0 aromatic heterocycles. The summed E-state index contributed by atoms with van der Waals surface area (Å²) >= 11 is 0. The zero-order valence-corrected chi connectivity index (χ0v) is 9.70. The quantitative estimate of drug-likeness (QED) is 0.887. The Balaban J connectivity index is 2.51. The zero-order valence-electron chi connectivity index (χ0n) is 9.70. The topological polar surface area (TPSA) is 46.5 Å². The first-order valence-electron chi connectivity index (χ1n) is 5.27. The smallest absolute Gasteiger partial charge is 0.414 e.